The summed E-state index contributed by atoms with van der Waals surface area (Å²) in [5.74, 6) is 2.01. The second-order valence-electron chi connectivity index (χ2n) is 8.41. The Hall–Kier alpha value is -2.82. The van der Waals surface area contributed by atoms with E-state index in [1.165, 1.54) is 5.56 Å². The van der Waals surface area contributed by atoms with Gasteiger partial charge in [0.15, 0.2) is 0 Å². The number of amides is 1. The summed E-state index contributed by atoms with van der Waals surface area (Å²) in [5.41, 5.74) is 3.41. The zero-order chi connectivity index (χ0) is 22.9. The SMILES string of the molecule is CCc1ccc(OCCCCn2c(C(C)NC(=O)C(CC)CC)nc3ccccc32)cc1. The lowest BCUT2D eigenvalue weighted by molar-refractivity contribution is -0.125. The van der Waals surface area contributed by atoms with Gasteiger partial charge in [0.1, 0.15) is 11.6 Å². The lowest BCUT2D eigenvalue weighted by Crippen LogP contribution is -2.33. The molecule has 1 aromatic heterocycles. The fourth-order valence-corrected chi connectivity index (χ4v) is 4.10. The van der Waals surface area contributed by atoms with Gasteiger partial charge in [-0.25, -0.2) is 4.98 Å². The zero-order valence-electron chi connectivity index (χ0n) is 19.9. The molecule has 3 aromatic rings. The third kappa shape index (κ3) is 5.90. The molecule has 32 heavy (non-hydrogen) atoms. The first kappa shape index (κ1) is 23.8. The summed E-state index contributed by atoms with van der Waals surface area (Å²) < 4.78 is 8.17. The van der Waals surface area contributed by atoms with Crippen molar-refractivity contribution >= 4 is 16.9 Å². The summed E-state index contributed by atoms with van der Waals surface area (Å²) in [7, 11) is 0. The maximum atomic E-state index is 12.6. The van der Waals surface area contributed by atoms with Crippen LogP contribution in [0.3, 0.4) is 0 Å². The van der Waals surface area contributed by atoms with Crippen molar-refractivity contribution in [2.75, 3.05) is 6.61 Å². The molecule has 1 heterocycles. The summed E-state index contributed by atoms with van der Waals surface area (Å²) in [4.78, 5) is 17.5. The van der Waals surface area contributed by atoms with Gasteiger partial charge in [-0.05, 0) is 68.9 Å². The van der Waals surface area contributed by atoms with Crippen molar-refractivity contribution in [1.29, 1.82) is 0 Å². The largest absolute Gasteiger partial charge is 0.494 e. The van der Waals surface area contributed by atoms with Crippen molar-refractivity contribution in [2.45, 2.75) is 72.4 Å². The number of imidazole rings is 1. The van der Waals surface area contributed by atoms with Gasteiger partial charge in [0.2, 0.25) is 5.91 Å². The highest BCUT2D eigenvalue weighted by Gasteiger charge is 2.21. The van der Waals surface area contributed by atoms with Crippen molar-refractivity contribution in [3.63, 3.8) is 0 Å². The summed E-state index contributed by atoms with van der Waals surface area (Å²) in [6, 6.07) is 16.4. The third-order valence-corrected chi connectivity index (χ3v) is 6.16. The fourth-order valence-electron chi connectivity index (χ4n) is 4.10. The molecule has 2 aromatic carbocycles. The van der Waals surface area contributed by atoms with Crippen molar-refractivity contribution in [3.8, 4) is 5.75 Å². The topological polar surface area (TPSA) is 56.1 Å². The molecule has 1 unspecified atom stereocenters. The molecule has 5 nitrogen and oxygen atoms in total. The Morgan fingerprint density at radius 1 is 1.03 bits per heavy atom. The van der Waals surface area contributed by atoms with Gasteiger partial charge in [-0.2, -0.15) is 0 Å². The Bertz CT molecular complexity index is 990. The lowest BCUT2D eigenvalue weighted by atomic mass is 10.0. The van der Waals surface area contributed by atoms with E-state index in [9.17, 15) is 4.79 Å². The first-order valence-electron chi connectivity index (χ1n) is 12.0. The molecule has 0 fully saturated rings. The number of fused-ring (bicyclic) bond motifs is 1. The minimum atomic E-state index is -0.135. The molecule has 172 valence electrons. The van der Waals surface area contributed by atoms with Crippen LogP contribution >= 0.6 is 0 Å². The summed E-state index contributed by atoms with van der Waals surface area (Å²) in [6.07, 6.45) is 4.68. The highest BCUT2D eigenvalue weighted by Crippen LogP contribution is 2.22. The monoisotopic (exact) mass is 435 g/mol. The molecule has 0 aliphatic carbocycles. The number of carbonyl (C=O) groups is 1. The molecule has 3 rings (SSSR count). The van der Waals surface area contributed by atoms with Crippen molar-refractivity contribution in [1.82, 2.24) is 14.9 Å². The molecule has 0 bridgehead atoms. The maximum Gasteiger partial charge on any atom is 0.223 e. The number of para-hydroxylation sites is 2. The highest BCUT2D eigenvalue weighted by atomic mass is 16.5. The molecule has 1 amide bonds. The number of ether oxygens (including phenoxy) is 1. The summed E-state index contributed by atoms with van der Waals surface area (Å²) >= 11 is 0. The van der Waals surface area contributed by atoms with Crippen LogP contribution in [0.2, 0.25) is 0 Å². The Kier molecular flexibility index (Phi) is 8.72. The van der Waals surface area contributed by atoms with Gasteiger partial charge in [0.05, 0.1) is 23.7 Å². The van der Waals surface area contributed by atoms with E-state index in [4.69, 9.17) is 9.72 Å². The van der Waals surface area contributed by atoms with Gasteiger partial charge < -0.3 is 14.6 Å². The van der Waals surface area contributed by atoms with E-state index in [1.54, 1.807) is 0 Å². The Morgan fingerprint density at radius 3 is 2.44 bits per heavy atom. The molecule has 0 spiro atoms. The van der Waals surface area contributed by atoms with Gasteiger partial charge in [-0.3, -0.25) is 4.79 Å². The number of benzene rings is 2. The second-order valence-corrected chi connectivity index (χ2v) is 8.41. The minimum Gasteiger partial charge on any atom is -0.494 e. The summed E-state index contributed by atoms with van der Waals surface area (Å²) in [6.45, 7) is 9.85. The van der Waals surface area contributed by atoms with E-state index >= 15 is 0 Å². The van der Waals surface area contributed by atoms with Crippen LogP contribution in [0.1, 0.15) is 70.8 Å². The van der Waals surface area contributed by atoms with Crippen LogP contribution in [0.25, 0.3) is 11.0 Å². The molecule has 1 atom stereocenters. The maximum absolute atomic E-state index is 12.6. The number of hydrogen-bond acceptors (Lipinski definition) is 3. The number of aromatic nitrogens is 2. The smallest absolute Gasteiger partial charge is 0.223 e. The fraction of sp³-hybridized carbons (Fsp3) is 0.481. The van der Waals surface area contributed by atoms with Gasteiger partial charge in [0, 0.05) is 12.5 Å². The van der Waals surface area contributed by atoms with Gasteiger partial charge in [-0.15, -0.1) is 0 Å². The van der Waals surface area contributed by atoms with Gasteiger partial charge in [0.25, 0.3) is 0 Å². The molecular formula is C27H37N3O2. The van der Waals surface area contributed by atoms with Gasteiger partial charge in [-0.1, -0.05) is 45.0 Å². The number of nitrogens with one attached hydrogen (secondary N) is 1. The quantitative estimate of drug-likeness (QED) is 0.351. The Balaban J connectivity index is 1.62. The number of rotatable bonds is 12. The lowest BCUT2D eigenvalue weighted by Gasteiger charge is -2.19. The van der Waals surface area contributed by atoms with Crippen LogP contribution < -0.4 is 10.1 Å². The average molecular weight is 436 g/mol. The average Bonchev–Trinajstić information content (AvgIpc) is 3.19. The molecule has 1 N–H and O–H groups in total. The van der Waals surface area contributed by atoms with E-state index in [0.717, 1.165) is 61.3 Å². The minimum absolute atomic E-state index is 0.0545. The van der Waals surface area contributed by atoms with Crippen molar-refractivity contribution < 1.29 is 9.53 Å². The van der Waals surface area contributed by atoms with E-state index in [2.05, 4.69) is 48.9 Å². The van der Waals surface area contributed by atoms with E-state index in [1.807, 2.05) is 37.3 Å². The molecular weight excluding hydrogens is 398 g/mol. The molecule has 0 aliphatic heterocycles. The molecule has 0 saturated carbocycles. The number of aryl methyl sites for hydroxylation is 2. The second kappa shape index (κ2) is 11.7. The number of hydrogen-bond donors (Lipinski definition) is 1. The molecule has 5 heteroatoms. The number of nitrogens with zero attached hydrogens (tertiary/aromatic N) is 2. The third-order valence-electron chi connectivity index (χ3n) is 6.16. The number of unbranched alkanes of at least 4 members (excludes halogenated alkanes) is 1. The van der Waals surface area contributed by atoms with Crippen LogP contribution in [0, 0.1) is 5.92 Å². The zero-order valence-corrected chi connectivity index (χ0v) is 19.9. The van der Waals surface area contributed by atoms with Crippen LogP contribution in [-0.2, 0) is 17.8 Å². The molecule has 0 saturated heterocycles. The predicted molar refractivity (Wildman–Crippen MR) is 131 cm³/mol. The van der Waals surface area contributed by atoms with Crippen LogP contribution in [0.15, 0.2) is 48.5 Å². The predicted octanol–water partition coefficient (Wildman–Crippen LogP) is 6.07. The van der Waals surface area contributed by atoms with Gasteiger partial charge >= 0.3 is 0 Å². The van der Waals surface area contributed by atoms with E-state index in [0.29, 0.717) is 6.61 Å². The first-order chi connectivity index (χ1) is 15.6. The van der Waals surface area contributed by atoms with Crippen molar-refractivity contribution in [2.24, 2.45) is 5.92 Å². The normalized spacial score (nSPS) is 12.3. The Labute approximate surface area is 192 Å². The molecule has 0 aliphatic rings. The standard InChI is InChI=1S/C27H37N3O2/c1-5-21-14-16-23(17-15-21)32-19-11-10-18-30-25-13-9-8-12-24(25)29-26(30)20(4)28-27(31)22(6-2)7-3/h8-9,12-17,20,22H,5-7,10-11,18-19H2,1-4H3,(H,28,31). The van der Waals surface area contributed by atoms with Crippen LogP contribution in [-0.4, -0.2) is 22.1 Å². The van der Waals surface area contributed by atoms with E-state index < -0.39 is 0 Å². The summed E-state index contributed by atoms with van der Waals surface area (Å²) in [5, 5.41) is 3.18. The van der Waals surface area contributed by atoms with Crippen LogP contribution in [0.5, 0.6) is 5.75 Å². The molecule has 0 radical (unpaired) electrons. The van der Waals surface area contributed by atoms with E-state index in [-0.39, 0.29) is 17.9 Å². The Morgan fingerprint density at radius 2 is 1.75 bits per heavy atom. The van der Waals surface area contributed by atoms with Crippen molar-refractivity contribution in [3.05, 3.63) is 59.9 Å². The number of carbonyl (C=O) groups excluding carboxylic acids is 1. The van der Waals surface area contributed by atoms with Crippen LogP contribution in [0.4, 0.5) is 0 Å². The highest BCUT2D eigenvalue weighted by molar-refractivity contribution is 5.79. The first-order valence-corrected chi connectivity index (χ1v) is 12.0.